The Balaban J connectivity index is 1.82. The number of carbonyl (C=O) groups is 1. The molecule has 1 fully saturated rings. The molecule has 0 radical (unpaired) electrons. The molecule has 4 atom stereocenters. The molecular formula is C18H26N8O5. The zero-order valence-corrected chi connectivity index (χ0v) is 17.2. The number of anilines is 1. The number of fused-ring (bicyclic) bond motifs is 1. The molecule has 13 heteroatoms. The number of ether oxygens (including phenoxy) is 2. The molecule has 3 heterocycles. The van der Waals surface area contributed by atoms with Gasteiger partial charge in [-0.3, -0.25) is 9.88 Å². The van der Waals surface area contributed by atoms with Gasteiger partial charge in [-0.1, -0.05) is 0 Å². The predicted molar refractivity (Wildman–Crippen MR) is 108 cm³/mol. The highest BCUT2D eigenvalue weighted by molar-refractivity contribution is 5.96. The van der Waals surface area contributed by atoms with Crippen LogP contribution in [0.5, 0.6) is 0 Å². The van der Waals surface area contributed by atoms with Crippen molar-refractivity contribution in [1.29, 1.82) is 5.26 Å². The average Bonchev–Trinajstić information content (AvgIpc) is 3.29. The number of imidazole rings is 1. The van der Waals surface area contributed by atoms with E-state index in [0.29, 0.717) is 18.8 Å². The van der Waals surface area contributed by atoms with Gasteiger partial charge in [-0.15, -0.1) is 0 Å². The van der Waals surface area contributed by atoms with Crippen molar-refractivity contribution in [2.75, 3.05) is 31.6 Å². The SMILES string of the molecule is CC(C)N(CC#N)C(=O)Nc1ncnc2c1ncn2[C@@H]1O[C@H](COCCN)[C@@H](O)[C@H]1O. The van der Waals surface area contributed by atoms with Gasteiger partial charge in [0.05, 0.1) is 25.6 Å². The first kappa shape index (κ1) is 22.8. The summed E-state index contributed by atoms with van der Waals surface area (Å²) in [4.78, 5) is 26.4. The van der Waals surface area contributed by atoms with Crippen LogP contribution in [0.1, 0.15) is 20.1 Å². The van der Waals surface area contributed by atoms with Gasteiger partial charge in [0.25, 0.3) is 0 Å². The van der Waals surface area contributed by atoms with Crippen LogP contribution in [0.15, 0.2) is 12.7 Å². The van der Waals surface area contributed by atoms with Crippen LogP contribution < -0.4 is 11.1 Å². The minimum atomic E-state index is -1.25. The lowest BCUT2D eigenvalue weighted by atomic mass is 10.1. The molecule has 1 aliphatic rings. The van der Waals surface area contributed by atoms with Gasteiger partial charge >= 0.3 is 6.03 Å². The van der Waals surface area contributed by atoms with Gasteiger partial charge in [0, 0.05) is 12.6 Å². The molecular weight excluding hydrogens is 408 g/mol. The Morgan fingerprint density at radius 3 is 2.87 bits per heavy atom. The van der Waals surface area contributed by atoms with E-state index in [2.05, 4.69) is 20.3 Å². The first-order chi connectivity index (χ1) is 14.9. The highest BCUT2D eigenvalue weighted by atomic mass is 16.6. The molecule has 0 aromatic carbocycles. The van der Waals surface area contributed by atoms with Gasteiger partial charge in [-0.2, -0.15) is 5.26 Å². The van der Waals surface area contributed by atoms with Crippen LogP contribution in [0.4, 0.5) is 10.6 Å². The van der Waals surface area contributed by atoms with E-state index in [0.717, 1.165) is 0 Å². The Morgan fingerprint density at radius 1 is 1.42 bits per heavy atom. The number of nitrogens with zero attached hydrogens (tertiary/aromatic N) is 6. The summed E-state index contributed by atoms with van der Waals surface area (Å²) in [5.41, 5.74) is 5.95. The lowest BCUT2D eigenvalue weighted by Crippen LogP contribution is -2.40. The summed E-state index contributed by atoms with van der Waals surface area (Å²) in [5, 5.41) is 32.4. The second-order valence-electron chi connectivity index (χ2n) is 7.27. The fourth-order valence-electron chi connectivity index (χ4n) is 3.25. The van der Waals surface area contributed by atoms with Crippen LogP contribution in [-0.4, -0.2) is 91.3 Å². The maximum absolute atomic E-state index is 12.6. The van der Waals surface area contributed by atoms with Gasteiger partial charge in [-0.05, 0) is 13.8 Å². The summed E-state index contributed by atoms with van der Waals surface area (Å²) in [7, 11) is 0. The maximum atomic E-state index is 12.6. The molecule has 31 heavy (non-hydrogen) atoms. The van der Waals surface area contributed by atoms with E-state index in [9.17, 15) is 15.0 Å². The van der Waals surface area contributed by atoms with Crippen LogP contribution in [0.2, 0.25) is 0 Å². The lowest BCUT2D eigenvalue weighted by Gasteiger charge is -2.23. The van der Waals surface area contributed by atoms with Gasteiger partial charge in [0.1, 0.15) is 31.2 Å². The first-order valence-corrected chi connectivity index (χ1v) is 9.80. The van der Waals surface area contributed by atoms with Crippen LogP contribution in [0, 0.1) is 11.3 Å². The Hall–Kier alpha value is -2.89. The summed E-state index contributed by atoms with van der Waals surface area (Å²) in [6.45, 7) is 4.20. The van der Waals surface area contributed by atoms with Crippen LogP contribution in [0.25, 0.3) is 11.2 Å². The number of aliphatic hydroxyl groups is 2. The largest absolute Gasteiger partial charge is 0.387 e. The molecule has 1 saturated heterocycles. The third-order valence-corrected chi connectivity index (χ3v) is 4.87. The minimum absolute atomic E-state index is 0.0682. The molecule has 2 aromatic rings. The van der Waals surface area contributed by atoms with E-state index in [1.165, 1.54) is 22.1 Å². The predicted octanol–water partition coefficient (Wildman–Crippen LogP) is -0.813. The van der Waals surface area contributed by atoms with Gasteiger partial charge in [0.15, 0.2) is 23.2 Å². The Bertz CT molecular complexity index is 945. The van der Waals surface area contributed by atoms with Crippen molar-refractivity contribution in [2.45, 2.75) is 44.4 Å². The minimum Gasteiger partial charge on any atom is -0.387 e. The highest BCUT2D eigenvalue weighted by Gasteiger charge is 2.44. The molecule has 0 bridgehead atoms. The van der Waals surface area contributed by atoms with E-state index in [1.54, 1.807) is 13.8 Å². The van der Waals surface area contributed by atoms with Crippen LogP contribution in [0.3, 0.4) is 0 Å². The number of rotatable bonds is 8. The summed E-state index contributed by atoms with van der Waals surface area (Å²) in [6.07, 6.45) is -1.52. The van der Waals surface area contributed by atoms with E-state index in [-0.39, 0.29) is 30.5 Å². The second-order valence-corrected chi connectivity index (χ2v) is 7.27. The molecule has 0 aliphatic carbocycles. The molecule has 2 amide bonds. The highest BCUT2D eigenvalue weighted by Crippen LogP contribution is 2.32. The van der Waals surface area contributed by atoms with E-state index < -0.39 is 30.6 Å². The Kier molecular flexibility index (Phi) is 7.31. The monoisotopic (exact) mass is 434 g/mol. The van der Waals surface area contributed by atoms with Crippen molar-refractivity contribution in [2.24, 2.45) is 5.73 Å². The summed E-state index contributed by atoms with van der Waals surface area (Å²) in [5.74, 6) is 0.146. The summed E-state index contributed by atoms with van der Waals surface area (Å²) in [6, 6.07) is 1.25. The zero-order valence-electron chi connectivity index (χ0n) is 17.2. The first-order valence-electron chi connectivity index (χ1n) is 9.80. The van der Waals surface area contributed by atoms with E-state index >= 15 is 0 Å². The second kappa shape index (κ2) is 9.94. The number of hydrogen-bond donors (Lipinski definition) is 4. The smallest absolute Gasteiger partial charge is 0.324 e. The molecule has 1 aliphatic heterocycles. The normalized spacial score (nSPS) is 23.3. The molecule has 5 N–H and O–H groups in total. The van der Waals surface area contributed by atoms with Crippen LogP contribution >= 0.6 is 0 Å². The number of urea groups is 1. The van der Waals surface area contributed by atoms with Crippen molar-refractivity contribution >= 4 is 23.0 Å². The Morgan fingerprint density at radius 2 is 2.19 bits per heavy atom. The van der Waals surface area contributed by atoms with Crippen molar-refractivity contribution in [3.05, 3.63) is 12.7 Å². The topological polar surface area (TPSA) is 185 Å². The summed E-state index contributed by atoms with van der Waals surface area (Å²) < 4.78 is 12.5. The third kappa shape index (κ3) is 4.73. The van der Waals surface area contributed by atoms with E-state index in [4.69, 9.17) is 20.5 Å². The number of amides is 2. The van der Waals surface area contributed by atoms with Crippen molar-refractivity contribution in [3.8, 4) is 6.07 Å². The number of hydrogen-bond acceptors (Lipinski definition) is 10. The van der Waals surface area contributed by atoms with Gasteiger partial charge in [-0.25, -0.2) is 19.7 Å². The number of carbonyl (C=O) groups excluding carboxylic acids is 1. The summed E-state index contributed by atoms with van der Waals surface area (Å²) >= 11 is 0. The number of nitrogens with two attached hydrogens (primary N) is 1. The molecule has 0 unspecified atom stereocenters. The molecule has 168 valence electrons. The van der Waals surface area contributed by atoms with Crippen molar-refractivity contribution in [1.82, 2.24) is 24.4 Å². The Labute approximate surface area is 178 Å². The fourth-order valence-corrected chi connectivity index (χ4v) is 3.25. The average molecular weight is 434 g/mol. The quantitative estimate of drug-likeness (QED) is 0.302. The number of aromatic nitrogens is 4. The fraction of sp³-hybridized carbons (Fsp3) is 0.611. The number of aliphatic hydroxyl groups excluding tert-OH is 2. The van der Waals surface area contributed by atoms with Crippen LogP contribution in [-0.2, 0) is 9.47 Å². The zero-order chi connectivity index (χ0) is 22.5. The molecule has 0 spiro atoms. The third-order valence-electron chi connectivity index (χ3n) is 4.87. The van der Waals surface area contributed by atoms with Crippen molar-refractivity contribution in [3.63, 3.8) is 0 Å². The number of nitriles is 1. The molecule has 0 saturated carbocycles. The number of nitrogens with one attached hydrogen (secondary N) is 1. The molecule has 13 nitrogen and oxygen atoms in total. The van der Waals surface area contributed by atoms with E-state index in [1.807, 2.05) is 6.07 Å². The van der Waals surface area contributed by atoms with Gasteiger partial charge < -0.3 is 30.3 Å². The van der Waals surface area contributed by atoms with Crippen molar-refractivity contribution < 1.29 is 24.5 Å². The molecule has 2 aromatic heterocycles. The standard InChI is InChI=1S/C18H26N8O5/c1-10(2)25(5-3-19)18(29)24-15-12-16(22-8-21-15)26(9-23-12)17-14(28)13(27)11(31-17)7-30-6-4-20/h8-11,13-14,17,27-28H,4-7,20H2,1-2H3,(H,21,22,24,29)/t11-,13-,14-,17-/m1/s1. The maximum Gasteiger partial charge on any atom is 0.324 e. The van der Waals surface area contributed by atoms with Gasteiger partial charge in [0.2, 0.25) is 0 Å². The lowest BCUT2D eigenvalue weighted by molar-refractivity contribution is -0.0644. The molecule has 3 rings (SSSR count).